The molecule has 0 spiro atoms. The summed E-state index contributed by atoms with van der Waals surface area (Å²) in [6.07, 6.45) is 0. The highest BCUT2D eigenvalue weighted by Gasteiger charge is 2.27. The van der Waals surface area contributed by atoms with E-state index in [1.54, 1.807) is 0 Å². The van der Waals surface area contributed by atoms with Gasteiger partial charge >= 0.3 is 0 Å². The van der Waals surface area contributed by atoms with E-state index in [1.807, 2.05) is 6.07 Å². The van der Waals surface area contributed by atoms with Gasteiger partial charge in [-0.2, -0.15) is 5.26 Å². The van der Waals surface area contributed by atoms with Crippen LogP contribution in [0.2, 0.25) is 0 Å². The van der Waals surface area contributed by atoms with Gasteiger partial charge in [-0.3, -0.25) is 14.9 Å². The lowest BCUT2D eigenvalue weighted by molar-refractivity contribution is -0.383. The molecule has 1 amide bonds. The third-order valence-electron chi connectivity index (χ3n) is 2.95. The molecule has 0 aliphatic carbocycles. The Labute approximate surface area is 101 Å². The Kier molecular flexibility index (Phi) is 1.86. The summed E-state index contributed by atoms with van der Waals surface area (Å²) >= 11 is 0. The Morgan fingerprint density at radius 1 is 1.22 bits per heavy atom. The first-order valence-corrected chi connectivity index (χ1v) is 5.09. The number of carbonyl (C=O) groups is 1. The minimum absolute atomic E-state index is 0.163. The van der Waals surface area contributed by atoms with Crippen LogP contribution in [0.4, 0.5) is 11.4 Å². The number of nitrogens with one attached hydrogen (secondary N) is 1. The average Bonchev–Trinajstić information content (AvgIpc) is 2.68. The van der Waals surface area contributed by atoms with E-state index in [1.165, 1.54) is 24.3 Å². The average molecular weight is 239 g/mol. The maximum atomic E-state index is 11.7. The minimum Gasteiger partial charge on any atom is -0.321 e. The van der Waals surface area contributed by atoms with E-state index in [0.29, 0.717) is 16.6 Å². The van der Waals surface area contributed by atoms with Crippen molar-refractivity contribution in [1.29, 1.82) is 5.26 Å². The predicted octanol–water partition coefficient (Wildman–Crippen LogP) is 2.19. The number of benzene rings is 2. The fourth-order valence-corrected chi connectivity index (χ4v) is 2.21. The van der Waals surface area contributed by atoms with Gasteiger partial charge in [0.1, 0.15) is 6.07 Å². The molecule has 2 aromatic rings. The van der Waals surface area contributed by atoms with E-state index in [0.717, 1.165) is 0 Å². The van der Waals surface area contributed by atoms with Crippen LogP contribution in [0.15, 0.2) is 24.3 Å². The van der Waals surface area contributed by atoms with Gasteiger partial charge in [-0.15, -0.1) is 0 Å². The number of nitriles is 1. The number of hydrogen-bond acceptors (Lipinski definition) is 4. The van der Waals surface area contributed by atoms with Gasteiger partial charge in [0.05, 0.1) is 21.6 Å². The van der Waals surface area contributed by atoms with Crippen LogP contribution in [0.25, 0.3) is 10.8 Å². The molecule has 1 heterocycles. The maximum Gasteiger partial charge on any atom is 0.278 e. The second-order valence-corrected chi connectivity index (χ2v) is 3.87. The van der Waals surface area contributed by atoms with Crippen LogP contribution in [-0.4, -0.2) is 10.8 Å². The summed E-state index contributed by atoms with van der Waals surface area (Å²) in [5, 5.41) is 23.3. The molecule has 0 fully saturated rings. The summed E-state index contributed by atoms with van der Waals surface area (Å²) in [5.41, 5.74) is 0.901. The summed E-state index contributed by atoms with van der Waals surface area (Å²) in [7, 11) is 0. The highest BCUT2D eigenvalue weighted by atomic mass is 16.6. The molecule has 0 aromatic heterocycles. The lowest BCUT2D eigenvalue weighted by atomic mass is 9.99. The molecule has 1 aliphatic heterocycles. The van der Waals surface area contributed by atoms with Gasteiger partial charge in [0, 0.05) is 17.0 Å². The van der Waals surface area contributed by atoms with Crippen LogP contribution >= 0.6 is 0 Å². The summed E-state index contributed by atoms with van der Waals surface area (Å²) in [5.74, 6) is -0.306. The van der Waals surface area contributed by atoms with Crippen molar-refractivity contribution in [2.24, 2.45) is 0 Å². The van der Waals surface area contributed by atoms with Crippen molar-refractivity contribution in [3.63, 3.8) is 0 Å². The van der Waals surface area contributed by atoms with E-state index >= 15 is 0 Å². The number of amides is 1. The molecule has 6 heteroatoms. The topological polar surface area (TPSA) is 96.0 Å². The van der Waals surface area contributed by atoms with E-state index in [2.05, 4.69) is 5.32 Å². The Hall–Kier alpha value is -2.94. The van der Waals surface area contributed by atoms with Crippen LogP contribution in [0.5, 0.6) is 0 Å². The smallest absolute Gasteiger partial charge is 0.278 e. The number of hydrogen-bond donors (Lipinski definition) is 1. The highest BCUT2D eigenvalue weighted by Crippen LogP contribution is 2.39. The monoisotopic (exact) mass is 239 g/mol. The van der Waals surface area contributed by atoms with Crippen molar-refractivity contribution in [1.82, 2.24) is 0 Å². The van der Waals surface area contributed by atoms with Crippen molar-refractivity contribution >= 4 is 28.1 Å². The lowest BCUT2D eigenvalue weighted by Crippen LogP contribution is -2.03. The molecule has 18 heavy (non-hydrogen) atoms. The van der Waals surface area contributed by atoms with Crippen molar-refractivity contribution in [2.45, 2.75) is 0 Å². The van der Waals surface area contributed by atoms with Gasteiger partial charge in [-0.05, 0) is 18.2 Å². The Balaban J connectivity index is 2.58. The minimum atomic E-state index is -0.549. The van der Waals surface area contributed by atoms with Crippen molar-refractivity contribution in [3.05, 3.63) is 45.5 Å². The Bertz CT molecular complexity index is 774. The second kappa shape index (κ2) is 3.28. The fraction of sp³-hybridized carbons (Fsp3) is 0. The largest absolute Gasteiger partial charge is 0.321 e. The Morgan fingerprint density at radius 3 is 2.67 bits per heavy atom. The van der Waals surface area contributed by atoms with Gasteiger partial charge in [0.25, 0.3) is 11.6 Å². The standard InChI is InChI=1S/C12H5N3O3/c13-5-6-1-2-7-11-8(14-12(7)16)3-4-9(10(6)11)15(17)18/h1-4H,(H,14,16). The molecule has 2 aromatic carbocycles. The zero-order valence-electron chi connectivity index (χ0n) is 8.93. The molecule has 0 radical (unpaired) electrons. The molecule has 0 unspecified atom stereocenters. The van der Waals surface area contributed by atoms with Crippen LogP contribution in [0.3, 0.4) is 0 Å². The molecule has 0 saturated heterocycles. The zero-order chi connectivity index (χ0) is 12.9. The van der Waals surface area contributed by atoms with Gasteiger partial charge < -0.3 is 5.32 Å². The van der Waals surface area contributed by atoms with Crippen LogP contribution in [0.1, 0.15) is 15.9 Å². The summed E-state index contributed by atoms with van der Waals surface area (Å²) in [6, 6.07) is 7.64. The lowest BCUT2D eigenvalue weighted by Gasteiger charge is -2.02. The first-order valence-electron chi connectivity index (χ1n) is 5.09. The molecular formula is C12H5N3O3. The summed E-state index contributed by atoms with van der Waals surface area (Å²) in [4.78, 5) is 22.1. The molecule has 3 rings (SSSR count). The molecule has 0 atom stereocenters. The number of anilines is 1. The predicted molar refractivity (Wildman–Crippen MR) is 63.3 cm³/mol. The van der Waals surface area contributed by atoms with Crippen molar-refractivity contribution in [2.75, 3.05) is 5.32 Å². The second-order valence-electron chi connectivity index (χ2n) is 3.87. The molecule has 1 N–H and O–H groups in total. The first-order chi connectivity index (χ1) is 8.63. The van der Waals surface area contributed by atoms with Gasteiger partial charge in [-0.1, -0.05) is 0 Å². The molecule has 1 aliphatic rings. The normalized spacial score (nSPS) is 12.3. The van der Waals surface area contributed by atoms with Gasteiger partial charge in [-0.25, -0.2) is 0 Å². The molecular weight excluding hydrogens is 234 g/mol. The number of nitro benzene ring substituents is 1. The van der Waals surface area contributed by atoms with Crippen molar-refractivity contribution < 1.29 is 9.72 Å². The summed E-state index contributed by atoms with van der Waals surface area (Å²) < 4.78 is 0. The highest BCUT2D eigenvalue weighted by molar-refractivity contribution is 6.26. The molecule has 0 saturated carbocycles. The number of nitrogens with zero attached hydrogens (tertiary/aromatic N) is 2. The first kappa shape index (κ1) is 10.2. The number of rotatable bonds is 1. The SMILES string of the molecule is N#Cc1ccc2c3c(ccc([N+](=O)[O-])c13)NC2=O. The third-order valence-corrected chi connectivity index (χ3v) is 2.95. The van der Waals surface area contributed by atoms with E-state index in [9.17, 15) is 14.9 Å². The zero-order valence-corrected chi connectivity index (χ0v) is 8.93. The van der Waals surface area contributed by atoms with Crippen LogP contribution < -0.4 is 5.32 Å². The van der Waals surface area contributed by atoms with Crippen molar-refractivity contribution in [3.8, 4) is 6.07 Å². The van der Waals surface area contributed by atoms with Crippen LogP contribution in [-0.2, 0) is 0 Å². The summed E-state index contributed by atoms with van der Waals surface area (Å²) in [6.45, 7) is 0. The molecule has 0 bridgehead atoms. The number of nitro groups is 1. The fourth-order valence-electron chi connectivity index (χ4n) is 2.21. The third kappa shape index (κ3) is 1.13. The quantitative estimate of drug-likeness (QED) is 0.609. The number of non-ortho nitro benzene ring substituents is 1. The maximum absolute atomic E-state index is 11.7. The molecule has 86 valence electrons. The van der Waals surface area contributed by atoms with E-state index in [-0.39, 0.29) is 22.5 Å². The van der Waals surface area contributed by atoms with Crippen LogP contribution in [0, 0.1) is 21.4 Å². The number of carbonyl (C=O) groups excluding carboxylic acids is 1. The van der Waals surface area contributed by atoms with Gasteiger partial charge in [0.2, 0.25) is 0 Å². The van der Waals surface area contributed by atoms with Gasteiger partial charge in [0.15, 0.2) is 0 Å². The van der Waals surface area contributed by atoms with E-state index in [4.69, 9.17) is 5.26 Å². The van der Waals surface area contributed by atoms with E-state index < -0.39 is 4.92 Å². The molecule has 6 nitrogen and oxygen atoms in total. The Morgan fingerprint density at radius 2 is 2.00 bits per heavy atom.